The van der Waals surface area contributed by atoms with Crippen molar-refractivity contribution in [1.29, 1.82) is 0 Å². The van der Waals surface area contributed by atoms with Crippen molar-refractivity contribution in [3.05, 3.63) is 114 Å². The van der Waals surface area contributed by atoms with Crippen LogP contribution in [0, 0.1) is 5.92 Å². The summed E-state index contributed by atoms with van der Waals surface area (Å²) in [6.45, 7) is 8.99. The quantitative estimate of drug-likeness (QED) is 0.271. The van der Waals surface area contributed by atoms with E-state index in [-0.39, 0.29) is 37.2 Å². The minimum atomic E-state index is -0.594. The topological polar surface area (TPSA) is 113 Å². The monoisotopic (exact) mass is 640 g/mol. The molecular weight excluding hydrogens is 596 g/mol. The van der Waals surface area contributed by atoms with Gasteiger partial charge in [-0.25, -0.2) is 4.79 Å². The number of nitrogens with zero attached hydrogens (tertiary/aromatic N) is 2. The van der Waals surface area contributed by atoms with Gasteiger partial charge >= 0.3 is 6.09 Å². The summed E-state index contributed by atoms with van der Waals surface area (Å²) in [4.78, 5) is 29.7. The summed E-state index contributed by atoms with van der Waals surface area (Å²) in [5, 5.41) is 15.4. The lowest BCUT2D eigenvalue weighted by atomic mass is 9.84. The molecule has 0 aromatic heterocycles. The zero-order valence-corrected chi connectivity index (χ0v) is 26.8. The molecule has 3 saturated heterocycles. The fourth-order valence-electron chi connectivity index (χ4n) is 6.87. The predicted octanol–water partition coefficient (Wildman–Crippen LogP) is 4.81. The maximum atomic E-state index is 13.2. The highest BCUT2D eigenvalue weighted by Gasteiger charge is 2.51. The minimum Gasteiger partial charge on any atom is -0.445 e. The van der Waals surface area contributed by atoms with Crippen LogP contribution in [-0.2, 0) is 32.2 Å². The zero-order chi connectivity index (χ0) is 32.8. The van der Waals surface area contributed by atoms with E-state index in [1.165, 1.54) is 6.08 Å². The smallest absolute Gasteiger partial charge is 0.407 e. The lowest BCUT2D eigenvalue weighted by Gasteiger charge is -2.46. The second kappa shape index (κ2) is 14.7. The molecule has 3 fully saturated rings. The van der Waals surface area contributed by atoms with Crippen molar-refractivity contribution in [3.63, 3.8) is 0 Å². The molecule has 47 heavy (non-hydrogen) atoms. The number of carbonyl (C=O) groups is 2. The van der Waals surface area contributed by atoms with Crippen LogP contribution < -0.4 is 15.5 Å². The van der Waals surface area contributed by atoms with Gasteiger partial charge in [0.15, 0.2) is 6.29 Å². The van der Waals surface area contributed by atoms with Crippen LogP contribution in [-0.4, -0.2) is 66.6 Å². The van der Waals surface area contributed by atoms with Crippen molar-refractivity contribution in [2.24, 2.45) is 5.92 Å². The average molecular weight is 641 g/mol. The fraction of sp³-hybridized carbons (Fsp3) is 0.405. The van der Waals surface area contributed by atoms with Gasteiger partial charge in [0, 0.05) is 43.3 Å². The molecule has 6 rings (SSSR count). The molecule has 3 aliphatic rings. The summed E-state index contributed by atoms with van der Waals surface area (Å²) in [7, 11) is 0. The second-order valence-corrected chi connectivity index (χ2v) is 12.6. The van der Waals surface area contributed by atoms with Gasteiger partial charge in [0.1, 0.15) is 12.1 Å². The molecule has 10 nitrogen and oxygen atoms in total. The van der Waals surface area contributed by atoms with E-state index in [1.807, 2.05) is 66.7 Å². The number of alkyl carbamates (subject to hydrolysis) is 1. The van der Waals surface area contributed by atoms with Crippen LogP contribution in [0.5, 0.6) is 0 Å². The van der Waals surface area contributed by atoms with Gasteiger partial charge in [0.05, 0.1) is 25.5 Å². The van der Waals surface area contributed by atoms with Crippen LogP contribution in [0.3, 0.4) is 0 Å². The van der Waals surface area contributed by atoms with Crippen molar-refractivity contribution in [3.8, 4) is 0 Å². The molecule has 3 N–H and O–H groups in total. The van der Waals surface area contributed by atoms with Crippen LogP contribution in [0.1, 0.15) is 54.4 Å². The van der Waals surface area contributed by atoms with E-state index < -0.39 is 17.9 Å². The molecule has 3 aromatic carbocycles. The number of carbonyl (C=O) groups excluding carboxylic acids is 2. The van der Waals surface area contributed by atoms with Crippen molar-refractivity contribution >= 4 is 17.7 Å². The molecule has 4 atom stereocenters. The molecule has 248 valence electrons. The number of benzene rings is 3. The van der Waals surface area contributed by atoms with Crippen molar-refractivity contribution in [1.82, 2.24) is 15.5 Å². The lowest BCUT2D eigenvalue weighted by molar-refractivity contribution is -0.276. The molecular formula is C37H44N4O6. The van der Waals surface area contributed by atoms with Gasteiger partial charge < -0.3 is 39.8 Å². The van der Waals surface area contributed by atoms with Crippen molar-refractivity contribution in [2.45, 2.75) is 57.0 Å². The first-order valence-corrected chi connectivity index (χ1v) is 16.3. The summed E-state index contributed by atoms with van der Waals surface area (Å²) < 4.78 is 18.3. The first-order chi connectivity index (χ1) is 22.9. The molecule has 0 aliphatic carbocycles. The van der Waals surface area contributed by atoms with E-state index in [0.717, 1.165) is 53.9 Å². The number of nitrogens with one attached hydrogen (secondary N) is 2. The Kier molecular flexibility index (Phi) is 10.2. The molecule has 1 spiro atoms. The van der Waals surface area contributed by atoms with E-state index in [2.05, 4.69) is 46.1 Å². The van der Waals surface area contributed by atoms with Gasteiger partial charge in [-0.15, -0.1) is 0 Å². The number of rotatable bonds is 10. The van der Waals surface area contributed by atoms with Crippen LogP contribution in [0.2, 0.25) is 0 Å². The van der Waals surface area contributed by atoms with Crippen LogP contribution in [0.25, 0.3) is 0 Å². The molecule has 0 radical (unpaired) electrons. The number of aliphatic hydroxyl groups excluding tert-OH is 1. The molecule has 3 aliphatic heterocycles. The standard InChI is InChI=1S/C37H44N4O6/c1-3-21-45-36(44)38-22-27-9-15-30(16-10-27)34-46-32(26(2)33(47-34)29-13-11-28(24-42)12-14-29)23-40-19-17-37(18-20-40)35(43)39-25-41(37)31-7-5-4-6-8-31/h3-16,26,32-34,42H,1,17-25H2,2H3,(H,38,44)(H,39,43)/t26-,32+,33+,34+/m1/s1. The summed E-state index contributed by atoms with van der Waals surface area (Å²) >= 11 is 0. The first kappa shape index (κ1) is 32.7. The van der Waals surface area contributed by atoms with Gasteiger partial charge in [-0.05, 0) is 41.7 Å². The lowest BCUT2D eigenvalue weighted by Crippen LogP contribution is -2.57. The van der Waals surface area contributed by atoms with Crippen LogP contribution in [0.4, 0.5) is 10.5 Å². The summed E-state index contributed by atoms with van der Waals surface area (Å²) in [6, 6.07) is 25.9. The normalized spacial score (nSPS) is 24.1. The number of amides is 2. The Balaban J connectivity index is 1.16. The largest absolute Gasteiger partial charge is 0.445 e. The number of para-hydroxylation sites is 1. The van der Waals surface area contributed by atoms with Crippen molar-refractivity contribution in [2.75, 3.05) is 37.8 Å². The van der Waals surface area contributed by atoms with Gasteiger partial charge in [0.2, 0.25) is 5.91 Å². The maximum Gasteiger partial charge on any atom is 0.407 e. The third-order valence-electron chi connectivity index (χ3n) is 9.67. The van der Waals surface area contributed by atoms with Crippen LogP contribution >= 0.6 is 0 Å². The third-order valence-corrected chi connectivity index (χ3v) is 9.67. The predicted molar refractivity (Wildman–Crippen MR) is 178 cm³/mol. The van der Waals surface area contributed by atoms with E-state index in [1.54, 1.807) is 0 Å². The number of anilines is 1. The maximum absolute atomic E-state index is 13.2. The Morgan fingerprint density at radius 1 is 1.02 bits per heavy atom. The van der Waals surface area contributed by atoms with Gasteiger partial charge in [-0.1, -0.05) is 86.3 Å². The number of hydrogen-bond acceptors (Lipinski definition) is 8. The van der Waals surface area contributed by atoms with E-state index in [0.29, 0.717) is 19.8 Å². The highest BCUT2D eigenvalue weighted by atomic mass is 16.7. The summed E-state index contributed by atoms with van der Waals surface area (Å²) in [5.74, 6) is 0.151. The molecule has 0 unspecified atom stereocenters. The van der Waals surface area contributed by atoms with E-state index in [9.17, 15) is 14.7 Å². The van der Waals surface area contributed by atoms with E-state index >= 15 is 0 Å². The van der Waals surface area contributed by atoms with Crippen LogP contribution in [0.15, 0.2) is 91.5 Å². The summed E-state index contributed by atoms with van der Waals surface area (Å²) in [6.07, 6.45) is 1.55. The molecule has 10 heteroatoms. The number of aliphatic hydroxyl groups is 1. The molecule has 0 bridgehead atoms. The summed E-state index contributed by atoms with van der Waals surface area (Å²) in [5.41, 5.74) is 4.21. The number of likely N-dealkylation sites (tertiary alicyclic amines) is 1. The Hall–Kier alpha value is -4.22. The first-order valence-electron chi connectivity index (χ1n) is 16.3. The highest BCUT2D eigenvalue weighted by molar-refractivity contribution is 5.93. The molecule has 2 amide bonds. The third kappa shape index (κ3) is 7.21. The number of piperidine rings is 1. The molecule has 3 aromatic rings. The zero-order valence-electron chi connectivity index (χ0n) is 26.8. The fourth-order valence-corrected chi connectivity index (χ4v) is 6.87. The SMILES string of the molecule is C=CCOC(=O)NCc1ccc([C@H]2O[C@@H](CN3CCC4(CC3)C(=O)NCN4c3ccccc3)[C@@H](C)[C@@H](c3ccc(CO)cc3)O2)cc1. The number of ether oxygens (including phenoxy) is 3. The van der Waals surface area contributed by atoms with E-state index in [4.69, 9.17) is 14.2 Å². The van der Waals surface area contributed by atoms with Crippen molar-refractivity contribution < 1.29 is 28.9 Å². The second-order valence-electron chi connectivity index (χ2n) is 12.6. The number of hydrogen-bond donors (Lipinski definition) is 3. The average Bonchev–Trinajstić information content (AvgIpc) is 3.43. The Labute approximate surface area is 276 Å². The highest BCUT2D eigenvalue weighted by Crippen LogP contribution is 2.43. The van der Waals surface area contributed by atoms with Gasteiger partial charge in [-0.2, -0.15) is 0 Å². The van der Waals surface area contributed by atoms with Gasteiger partial charge in [0.25, 0.3) is 0 Å². The Bertz CT molecular complexity index is 1510. The molecule has 0 saturated carbocycles. The Morgan fingerprint density at radius 3 is 2.38 bits per heavy atom. The van der Waals surface area contributed by atoms with Gasteiger partial charge in [-0.3, -0.25) is 4.79 Å². The Morgan fingerprint density at radius 2 is 1.70 bits per heavy atom. The molecule has 3 heterocycles. The minimum absolute atomic E-state index is 0.0148.